The van der Waals surface area contributed by atoms with Gasteiger partial charge in [-0.25, -0.2) is 0 Å². The topological polar surface area (TPSA) is 53.7 Å². The van der Waals surface area contributed by atoms with E-state index in [0.717, 1.165) is 19.3 Å². The number of rotatable bonds is 11. The van der Waals surface area contributed by atoms with E-state index in [4.69, 9.17) is 19.9 Å². The first-order valence-corrected chi connectivity index (χ1v) is 6.05. The predicted octanol–water partition coefficient (Wildman–Crippen LogP) is 1.57. The second-order valence-electron chi connectivity index (χ2n) is 4.37. The molecule has 4 heteroatoms. The van der Waals surface area contributed by atoms with Gasteiger partial charge in [0.25, 0.3) is 0 Å². The maximum absolute atomic E-state index is 6.08. The number of methoxy groups -OCH3 is 1. The number of nitrogens with two attached hydrogens (primary N) is 1. The van der Waals surface area contributed by atoms with Gasteiger partial charge in [-0.1, -0.05) is 13.3 Å². The number of hydrogen-bond donors (Lipinski definition) is 1. The molecular weight excluding hydrogens is 206 g/mol. The van der Waals surface area contributed by atoms with Crippen LogP contribution >= 0.6 is 0 Å². The van der Waals surface area contributed by atoms with Crippen molar-refractivity contribution in [2.75, 3.05) is 40.1 Å². The lowest BCUT2D eigenvalue weighted by Crippen LogP contribution is -2.37. The molecule has 0 aliphatic carbocycles. The van der Waals surface area contributed by atoms with Crippen LogP contribution in [0.25, 0.3) is 0 Å². The summed E-state index contributed by atoms with van der Waals surface area (Å²) in [4.78, 5) is 0. The minimum Gasteiger partial charge on any atom is -0.382 e. The molecule has 16 heavy (non-hydrogen) atoms. The fourth-order valence-corrected chi connectivity index (χ4v) is 1.47. The van der Waals surface area contributed by atoms with Gasteiger partial charge in [-0.15, -0.1) is 0 Å². The van der Waals surface area contributed by atoms with Gasteiger partial charge >= 0.3 is 0 Å². The van der Waals surface area contributed by atoms with Gasteiger partial charge in [0.2, 0.25) is 0 Å². The summed E-state index contributed by atoms with van der Waals surface area (Å²) in [5.41, 5.74) is 5.99. The second kappa shape index (κ2) is 10.0. The van der Waals surface area contributed by atoms with Gasteiger partial charge in [0, 0.05) is 19.3 Å². The van der Waals surface area contributed by atoms with Crippen molar-refractivity contribution in [2.45, 2.75) is 38.6 Å². The molecule has 0 aromatic carbocycles. The molecule has 98 valence electrons. The lowest BCUT2D eigenvalue weighted by molar-refractivity contribution is 0.0210. The van der Waals surface area contributed by atoms with Crippen LogP contribution in [-0.2, 0) is 14.2 Å². The summed E-state index contributed by atoms with van der Waals surface area (Å²) in [6.07, 6.45) is 3.06. The Balaban J connectivity index is 3.20. The number of hydrogen-bond acceptors (Lipinski definition) is 4. The van der Waals surface area contributed by atoms with Crippen LogP contribution in [0.1, 0.15) is 33.1 Å². The third kappa shape index (κ3) is 10.4. The molecule has 2 N–H and O–H groups in total. The fraction of sp³-hybridized carbons (Fsp3) is 1.00. The van der Waals surface area contributed by atoms with Gasteiger partial charge < -0.3 is 19.9 Å². The van der Waals surface area contributed by atoms with E-state index >= 15 is 0 Å². The summed E-state index contributed by atoms with van der Waals surface area (Å²) in [7, 11) is 1.66. The molecule has 0 aromatic heterocycles. The molecule has 0 aliphatic heterocycles. The maximum atomic E-state index is 6.08. The summed E-state index contributed by atoms with van der Waals surface area (Å²) in [5.74, 6) is 0. The first-order valence-electron chi connectivity index (χ1n) is 6.05. The molecule has 0 aliphatic rings. The van der Waals surface area contributed by atoms with Crippen LogP contribution in [-0.4, -0.2) is 45.7 Å². The average Bonchev–Trinajstić information content (AvgIpc) is 2.22. The van der Waals surface area contributed by atoms with Gasteiger partial charge in [-0.05, 0) is 19.8 Å². The van der Waals surface area contributed by atoms with Crippen LogP contribution in [0.2, 0.25) is 0 Å². The molecule has 1 unspecified atom stereocenters. The van der Waals surface area contributed by atoms with E-state index in [0.29, 0.717) is 33.0 Å². The number of ether oxygens (including phenoxy) is 3. The van der Waals surface area contributed by atoms with Crippen LogP contribution in [0, 0.1) is 0 Å². The van der Waals surface area contributed by atoms with Crippen LogP contribution in [0.15, 0.2) is 0 Å². The Bertz CT molecular complexity index is 151. The van der Waals surface area contributed by atoms with Crippen molar-refractivity contribution < 1.29 is 14.2 Å². The summed E-state index contributed by atoms with van der Waals surface area (Å²) >= 11 is 0. The van der Waals surface area contributed by atoms with Crippen molar-refractivity contribution in [1.82, 2.24) is 0 Å². The van der Waals surface area contributed by atoms with Gasteiger partial charge in [-0.3, -0.25) is 0 Å². The quantitative estimate of drug-likeness (QED) is 0.550. The molecule has 0 amide bonds. The van der Waals surface area contributed by atoms with Crippen molar-refractivity contribution in [3.05, 3.63) is 0 Å². The molecule has 0 heterocycles. The Morgan fingerprint density at radius 3 is 2.06 bits per heavy atom. The maximum Gasteiger partial charge on any atom is 0.0701 e. The standard InChI is InChI=1S/C12H27NO3/c1-4-5-12(2,13)6-7-15-10-11-16-9-8-14-3/h4-11,13H2,1-3H3. The van der Waals surface area contributed by atoms with Gasteiger partial charge in [0.1, 0.15) is 0 Å². The first kappa shape index (κ1) is 15.8. The molecule has 1 atom stereocenters. The molecule has 0 fully saturated rings. The Morgan fingerprint density at radius 2 is 1.50 bits per heavy atom. The molecule has 0 rings (SSSR count). The van der Waals surface area contributed by atoms with Gasteiger partial charge in [-0.2, -0.15) is 0 Å². The van der Waals surface area contributed by atoms with Crippen molar-refractivity contribution in [3.63, 3.8) is 0 Å². The zero-order valence-corrected chi connectivity index (χ0v) is 11.0. The highest BCUT2D eigenvalue weighted by Gasteiger charge is 2.16. The summed E-state index contributed by atoms with van der Waals surface area (Å²) < 4.78 is 15.6. The van der Waals surface area contributed by atoms with Crippen LogP contribution in [0.4, 0.5) is 0 Å². The first-order chi connectivity index (χ1) is 7.62. The SMILES string of the molecule is CCCC(C)(N)CCOCCOCCOC. The van der Waals surface area contributed by atoms with Crippen LogP contribution in [0.5, 0.6) is 0 Å². The van der Waals surface area contributed by atoms with E-state index in [1.165, 1.54) is 0 Å². The lowest BCUT2D eigenvalue weighted by Gasteiger charge is -2.23. The summed E-state index contributed by atoms with van der Waals surface area (Å²) in [5, 5.41) is 0. The van der Waals surface area contributed by atoms with E-state index in [1.807, 2.05) is 0 Å². The third-order valence-electron chi connectivity index (χ3n) is 2.44. The minimum atomic E-state index is -0.0916. The van der Waals surface area contributed by atoms with E-state index in [2.05, 4.69) is 13.8 Å². The predicted molar refractivity (Wildman–Crippen MR) is 65.6 cm³/mol. The summed E-state index contributed by atoms with van der Waals surface area (Å²) in [6, 6.07) is 0. The molecular formula is C12H27NO3. The fourth-order valence-electron chi connectivity index (χ4n) is 1.47. The molecule has 0 bridgehead atoms. The molecule has 0 aromatic rings. The smallest absolute Gasteiger partial charge is 0.0701 e. The largest absolute Gasteiger partial charge is 0.382 e. The molecule has 0 saturated carbocycles. The monoisotopic (exact) mass is 233 g/mol. The third-order valence-corrected chi connectivity index (χ3v) is 2.44. The molecule has 0 saturated heterocycles. The Kier molecular flexibility index (Phi) is 9.92. The van der Waals surface area contributed by atoms with Crippen molar-refractivity contribution in [2.24, 2.45) is 5.73 Å². The minimum absolute atomic E-state index is 0.0916. The highest BCUT2D eigenvalue weighted by atomic mass is 16.5. The van der Waals surface area contributed by atoms with Gasteiger partial charge in [0.05, 0.1) is 26.4 Å². The second-order valence-corrected chi connectivity index (χ2v) is 4.37. The van der Waals surface area contributed by atoms with E-state index in [-0.39, 0.29) is 5.54 Å². The molecule has 4 nitrogen and oxygen atoms in total. The summed E-state index contributed by atoms with van der Waals surface area (Å²) in [6.45, 7) is 7.46. The molecule has 0 spiro atoms. The highest BCUT2D eigenvalue weighted by Crippen LogP contribution is 2.12. The van der Waals surface area contributed by atoms with Gasteiger partial charge in [0.15, 0.2) is 0 Å². The zero-order chi connectivity index (χ0) is 12.3. The van der Waals surface area contributed by atoms with Crippen molar-refractivity contribution >= 4 is 0 Å². The Morgan fingerprint density at radius 1 is 0.938 bits per heavy atom. The van der Waals surface area contributed by atoms with Crippen molar-refractivity contribution in [3.8, 4) is 0 Å². The van der Waals surface area contributed by atoms with E-state index in [1.54, 1.807) is 7.11 Å². The zero-order valence-electron chi connectivity index (χ0n) is 11.0. The Hall–Kier alpha value is -0.160. The normalized spacial score (nSPS) is 15.0. The van der Waals surface area contributed by atoms with E-state index in [9.17, 15) is 0 Å². The Labute approximate surface area is 99.4 Å². The van der Waals surface area contributed by atoms with E-state index < -0.39 is 0 Å². The molecule has 0 radical (unpaired) electrons. The average molecular weight is 233 g/mol. The van der Waals surface area contributed by atoms with Crippen molar-refractivity contribution in [1.29, 1.82) is 0 Å². The van der Waals surface area contributed by atoms with Crippen LogP contribution in [0.3, 0.4) is 0 Å². The highest BCUT2D eigenvalue weighted by molar-refractivity contribution is 4.77. The van der Waals surface area contributed by atoms with Crippen LogP contribution < -0.4 is 5.73 Å². The lowest BCUT2D eigenvalue weighted by atomic mass is 9.94.